The molecule has 4 fully saturated rings. The summed E-state index contributed by atoms with van der Waals surface area (Å²) in [6, 6.07) is 0. The summed E-state index contributed by atoms with van der Waals surface area (Å²) in [6.45, 7) is 7.75. The second-order valence-corrected chi connectivity index (χ2v) is 8.95. The minimum absolute atomic E-state index is 0.719. The molecule has 0 bridgehead atoms. The van der Waals surface area contributed by atoms with E-state index in [1.807, 2.05) is 0 Å². The SMILES string of the molecule is CC12CCC(C)(C3CCC4CC4(C)C3)CC1C2. The third-order valence-corrected chi connectivity index (χ3v) is 7.62. The van der Waals surface area contributed by atoms with Crippen LogP contribution in [0.3, 0.4) is 0 Å². The van der Waals surface area contributed by atoms with Gasteiger partial charge in [0.15, 0.2) is 0 Å². The van der Waals surface area contributed by atoms with Gasteiger partial charge in [0.2, 0.25) is 0 Å². The lowest BCUT2D eigenvalue weighted by Gasteiger charge is -2.45. The normalized spacial score (nSPS) is 64.8. The van der Waals surface area contributed by atoms with Crippen molar-refractivity contribution in [2.45, 2.75) is 72.1 Å². The molecule has 4 saturated carbocycles. The van der Waals surface area contributed by atoms with E-state index in [0.717, 1.165) is 34.0 Å². The smallest absolute Gasteiger partial charge is 0.0292 e. The fourth-order valence-electron chi connectivity index (χ4n) is 5.60. The number of fused-ring (bicyclic) bond motifs is 2. The van der Waals surface area contributed by atoms with Gasteiger partial charge in [-0.2, -0.15) is 0 Å². The highest BCUT2D eigenvalue weighted by Gasteiger charge is 2.60. The van der Waals surface area contributed by atoms with Crippen molar-refractivity contribution < 1.29 is 0 Å². The van der Waals surface area contributed by atoms with Gasteiger partial charge < -0.3 is 0 Å². The zero-order valence-electron chi connectivity index (χ0n) is 11.9. The second-order valence-electron chi connectivity index (χ2n) is 8.95. The Morgan fingerprint density at radius 2 is 1.00 bits per heavy atom. The zero-order chi connectivity index (χ0) is 11.9. The molecular formula is C17H28. The molecule has 6 atom stereocenters. The van der Waals surface area contributed by atoms with Gasteiger partial charge in [0.25, 0.3) is 0 Å². The summed E-state index contributed by atoms with van der Waals surface area (Å²) in [7, 11) is 0. The zero-order valence-corrected chi connectivity index (χ0v) is 11.9. The molecule has 0 aromatic heterocycles. The molecule has 0 N–H and O–H groups in total. The lowest BCUT2D eigenvalue weighted by molar-refractivity contribution is 0.0502. The van der Waals surface area contributed by atoms with E-state index >= 15 is 0 Å². The number of hydrogen-bond donors (Lipinski definition) is 0. The van der Waals surface area contributed by atoms with Crippen LogP contribution in [-0.2, 0) is 0 Å². The minimum atomic E-state index is 0.719. The van der Waals surface area contributed by atoms with Gasteiger partial charge in [-0.3, -0.25) is 0 Å². The van der Waals surface area contributed by atoms with Crippen LogP contribution in [0, 0.1) is 34.0 Å². The predicted octanol–water partition coefficient (Wildman–Crippen LogP) is 5.03. The van der Waals surface area contributed by atoms with Crippen molar-refractivity contribution in [3.05, 3.63) is 0 Å². The van der Waals surface area contributed by atoms with Gasteiger partial charge in [0.1, 0.15) is 0 Å². The molecule has 0 saturated heterocycles. The van der Waals surface area contributed by atoms with Gasteiger partial charge >= 0.3 is 0 Å². The average molecular weight is 232 g/mol. The largest absolute Gasteiger partial charge is 0.0594 e. The highest BCUT2D eigenvalue weighted by molar-refractivity contribution is 5.10. The third-order valence-electron chi connectivity index (χ3n) is 7.62. The van der Waals surface area contributed by atoms with Crippen LogP contribution in [0.25, 0.3) is 0 Å². The Hall–Kier alpha value is 0. The van der Waals surface area contributed by atoms with Crippen molar-refractivity contribution in [2.75, 3.05) is 0 Å². The first-order valence-electron chi connectivity index (χ1n) is 7.94. The number of hydrogen-bond acceptors (Lipinski definition) is 0. The van der Waals surface area contributed by atoms with Crippen LogP contribution in [0.1, 0.15) is 72.1 Å². The third kappa shape index (κ3) is 1.48. The lowest BCUT2D eigenvalue weighted by Crippen LogP contribution is -2.35. The Balaban J connectivity index is 1.50. The Morgan fingerprint density at radius 1 is 0.588 bits per heavy atom. The van der Waals surface area contributed by atoms with Gasteiger partial charge in [-0.25, -0.2) is 0 Å². The molecule has 6 unspecified atom stereocenters. The summed E-state index contributed by atoms with van der Waals surface area (Å²) >= 11 is 0. The molecule has 0 heteroatoms. The number of rotatable bonds is 1. The first-order valence-corrected chi connectivity index (χ1v) is 7.94. The Kier molecular flexibility index (Phi) is 1.88. The molecule has 0 aromatic rings. The van der Waals surface area contributed by atoms with E-state index in [1.54, 1.807) is 38.5 Å². The maximum absolute atomic E-state index is 2.64. The van der Waals surface area contributed by atoms with Crippen LogP contribution in [0.4, 0.5) is 0 Å². The summed E-state index contributed by atoms with van der Waals surface area (Å²) in [5.74, 6) is 3.29. The van der Waals surface area contributed by atoms with E-state index in [9.17, 15) is 0 Å². The standard InChI is InChI=1S/C17H28/c1-15(6-7-16(2)11-14(16)10-15)12-4-5-13-9-17(13,3)8-12/h12-14H,4-11H2,1-3H3. The quantitative estimate of drug-likeness (QED) is 0.595. The maximum Gasteiger partial charge on any atom is -0.0292 e. The Labute approximate surface area is 107 Å². The van der Waals surface area contributed by atoms with E-state index in [0.29, 0.717) is 0 Å². The summed E-state index contributed by atoms with van der Waals surface area (Å²) in [5.41, 5.74) is 2.30. The fraction of sp³-hybridized carbons (Fsp3) is 1.00. The molecule has 17 heavy (non-hydrogen) atoms. The molecule has 0 nitrogen and oxygen atoms in total. The van der Waals surface area contributed by atoms with Crippen LogP contribution in [0.5, 0.6) is 0 Å². The van der Waals surface area contributed by atoms with Gasteiger partial charge in [0, 0.05) is 0 Å². The molecule has 4 aliphatic rings. The van der Waals surface area contributed by atoms with Crippen molar-refractivity contribution in [3.63, 3.8) is 0 Å². The molecule has 0 amide bonds. The summed E-state index contributed by atoms with van der Waals surface area (Å²) in [4.78, 5) is 0. The van der Waals surface area contributed by atoms with Crippen LogP contribution in [-0.4, -0.2) is 0 Å². The first-order chi connectivity index (χ1) is 7.94. The molecular weight excluding hydrogens is 204 g/mol. The van der Waals surface area contributed by atoms with Gasteiger partial charge in [-0.1, -0.05) is 20.8 Å². The molecule has 4 rings (SSSR count). The average Bonchev–Trinajstić information content (AvgIpc) is 3.11. The second kappa shape index (κ2) is 2.94. The Morgan fingerprint density at radius 3 is 1.53 bits per heavy atom. The summed E-state index contributed by atoms with van der Waals surface area (Å²) < 4.78 is 0. The summed E-state index contributed by atoms with van der Waals surface area (Å²) in [5, 5.41) is 0. The Bertz CT molecular complexity index is 359. The van der Waals surface area contributed by atoms with Crippen LogP contribution in [0.2, 0.25) is 0 Å². The lowest BCUT2D eigenvalue weighted by atomic mass is 9.60. The van der Waals surface area contributed by atoms with Gasteiger partial charge in [-0.15, -0.1) is 0 Å². The van der Waals surface area contributed by atoms with Crippen LogP contribution in [0.15, 0.2) is 0 Å². The van der Waals surface area contributed by atoms with Crippen molar-refractivity contribution in [2.24, 2.45) is 34.0 Å². The topological polar surface area (TPSA) is 0 Å². The molecule has 4 aliphatic carbocycles. The van der Waals surface area contributed by atoms with E-state index in [2.05, 4.69) is 20.8 Å². The highest BCUT2D eigenvalue weighted by Crippen LogP contribution is 2.70. The van der Waals surface area contributed by atoms with Gasteiger partial charge in [-0.05, 0) is 85.4 Å². The minimum Gasteiger partial charge on any atom is -0.0594 e. The molecule has 0 spiro atoms. The molecule has 0 heterocycles. The van der Waals surface area contributed by atoms with Gasteiger partial charge in [0.05, 0.1) is 0 Å². The van der Waals surface area contributed by atoms with Crippen LogP contribution < -0.4 is 0 Å². The van der Waals surface area contributed by atoms with E-state index in [-0.39, 0.29) is 0 Å². The van der Waals surface area contributed by atoms with Crippen molar-refractivity contribution in [3.8, 4) is 0 Å². The van der Waals surface area contributed by atoms with Crippen LogP contribution >= 0.6 is 0 Å². The van der Waals surface area contributed by atoms with Crippen molar-refractivity contribution >= 4 is 0 Å². The van der Waals surface area contributed by atoms with E-state index in [1.165, 1.54) is 12.8 Å². The molecule has 0 aromatic carbocycles. The summed E-state index contributed by atoms with van der Waals surface area (Å²) in [6.07, 6.45) is 12.4. The first kappa shape index (κ1) is 10.9. The molecule has 0 radical (unpaired) electrons. The van der Waals surface area contributed by atoms with E-state index in [4.69, 9.17) is 0 Å². The maximum atomic E-state index is 2.64. The molecule has 96 valence electrons. The molecule has 0 aliphatic heterocycles. The highest BCUT2D eigenvalue weighted by atomic mass is 14.7. The monoisotopic (exact) mass is 232 g/mol. The predicted molar refractivity (Wildman–Crippen MR) is 71.7 cm³/mol. The van der Waals surface area contributed by atoms with E-state index < -0.39 is 0 Å². The van der Waals surface area contributed by atoms with Crippen molar-refractivity contribution in [1.82, 2.24) is 0 Å². The van der Waals surface area contributed by atoms with Crippen molar-refractivity contribution in [1.29, 1.82) is 0 Å². The fourth-order valence-corrected chi connectivity index (χ4v) is 5.60.